The van der Waals surface area contributed by atoms with Crippen LogP contribution in [-0.4, -0.2) is 71.2 Å². The number of ether oxygens (including phenoxy) is 1. The predicted octanol–water partition coefficient (Wildman–Crippen LogP) is 4.75. The summed E-state index contributed by atoms with van der Waals surface area (Å²) in [7, 11) is -4.05. The maximum absolute atomic E-state index is 13.6. The van der Waals surface area contributed by atoms with Crippen molar-refractivity contribution in [3.8, 4) is 6.07 Å². The molecule has 2 N–H and O–H groups in total. The summed E-state index contributed by atoms with van der Waals surface area (Å²) >= 11 is 0. The first-order valence-electron chi connectivity index (χ1n) is 15.0. The largest absolute Gasteiger partial charge is 0.444 e. The summed E-state index contributed by atoms with van der Waals surface area (Å²) in [6, 6.07) is 11.8. The van der Waals surface area contributed by atoms with Gasteiger partial charge in [0.1, 0.15) is 17.8 Å². The minimum Gasteiger partial charge on any atom is -0.444 e. The van der Waals surface area contributed by atoms with Gasteiger partial charge in [0.2, 0.25) is 0 Å². The Labute approximate surface area is 262 Å². The van der Waals surface area contributed by atoms with E-state index in [0.29, 0.717) is 47.8 Å². The SMILES string of the molecule is CC(C)(C)OC(=O)N1CCC(CCn2cnc3ccc(Nc4cccc(NS(=O)(=O)N5CC[C@@H](F)C5)c4C#N)cc3c2=O)CC1. The quantitative estimate of drug-likeness (QED) is 0.359. The fourth-order valence-electron chi connectivity index (χ4n) is 5.58. The number of halogens is 1. The molecule has 0 aliphatic carbocycles. The zero-order chi connectivity index (χ0) is 32.4. The van der Waals surface area contributed by atoms with E-state index < -0.39 is 22.0 Å². The molecule has 14 heteroatoms. The number of carbonyl (C=O) groups is 1. The molecule has 0 saturated carbocycles. The van der Waals surface area contributed by atoms with Gasteiger partial charge in [-0.05, 0) is 82.7 Å². The lowest BCUT2D eigenvalue weighted by atomic mass is 9.94. The summed E-state index contributed by atoms with van der Waals surface area (Å²) in [6.45, 7) is 7.09. The van der Waals surface area contributed by atoms with Crippen molar-refractivity contribution in [2.24, 2.45) is 5.92 Å². The Hall–Kier alpha value is -4.22. The molecule has 5 rings (SSSR count). The van der Waals surface area contributed by atoms with Crippen molar-refractivity contribution >= 4 is 44.3 Å². The molecule has 2 aliphatic heterocycles. The molecule has 2 aromatic carbocycles. The van der Waals surface area contributed by atoms with Crippen molar-refractivity contribution in [2.45, 2.75) is 64.8 Å². The third-order valence-corrected chi connectivity index (χ3v) is 9.49. The number of aryl methyl sites for hydroxylation is 1. The normalized spacial score (nSPS) is 18.1. The molecule has 0 bridgehead atoms. The molecule has 0 spiro atoms. The number of nitrogens with one attached hydrogen (secondary N) is 2. The second kappa shape index (κ2) is 13.0. The number of carbonyl (C=O) groups excluding carboxylic acids is 1. The van der Waals surface area contributed by atoms with Gasteiger partial charge in [0.15, 0.2) is 0 Å². The van der Waals surface area contributed by atoms with Crippen LogP contribution in [0.25, 0.3) is 10.9 Å². The maximum Gasteiger partial charge on any atom is 0.410 e. The molecule has 12 nitrogen and oxygen atoms in total. The molecule has 1 amide bonds. The Morgan fingerprint density at radius 3 is 2.53 bits per heavy atom. The minimum atomic E-state index is -4.05. The molecule has 2 fully saturated rings. The number of rotatable bonds is 8. The highest BCUT2D eigenvalue weighted by molar-refractivity contribution is 7.90. The van der Waals surface area contributed by atoms with Gasteiger partial charge >= 0.3 is 16.3 Å². The summed E-state index contributed by atoms with van der Waals surface area (Å²) in [4.78, 5) is 32.0. The number of piperidine rings is 1. The molecular formula is C31H38FN7O5S. The number of anilines is 3. The lowest BCUT2D eigenvalue weighted by Gasteiger charge is -2.33. The molecule has 1 atom stereocenters. The summed E-state index contributed by atoms with van der Waals surface area (Å²) in [6.07, 6.45) is 2.57. The van der Waals surface area contributed by atoms with E-state index in [1.54, 1.807) is 46.1 Å². The second-order valence-corrected chi connectivity index (χ2v) is 14.2. The fraction of sp³-hybridized carbons (Fsp3) is 0.484. The number of hydrogen-bond acceptors (Lipinski definition) is 8. The highest BCUT2D eigenvalue weighted by Crippen LogP contribution is 2.29. The number of alkyl halides is 1. The highest BCUT2D eigenvalue weighted by atomic mass is 32.2. The lowest BCUT2D eigenvalue weighted by Crippen LogP contribution is -2.41. The van der Waals surface area contributed by atoms with Gasteiger partial charge in [0.25, 0.3) is 5.56 Å². The van der Waals surface area contributed by atoms with Gasteiger partial charge in [0, 0.05) is 38.4 Å². The maximum atomic E-state index is 13.6. The predicted molar refractivity (Wildman–Crippen MR) is 169 cm³/mol. The van der Waals surface area contributed by atoms with Crippen molar-refractivity contribution in [1.29, 1.82) is 5.26 Å². The van der Waals surface area contributed by atoms with Crippen LogP contribution in [0, 0.1) is 17.2 Å². The molecule has 0 unspecified atom stereocenters. The second-order valence-electron chi connectivity index (χ2n) is 12.5. The molecule has 3 aromatic rings. The van der Waals surface area contributed by atoms with Gasteiger partial charge in [-0.15, -0.1) is 0 Å². The van der Waals surface area contributed by atoms with Crippen LogP contribution in [0.5, 0.6) is 0 Å². The van der Waals surface area contributed by atoms with Crippen molar-refractivity contribution in [3.63, 3.8) is 0 Å². The van der Waals surface area contributed by atoms with Crippen LogP contribution in [0.2, 0.25) is 0 Å². The van der Waals surface area contributed by atoms with Gasteiger partial charge in [0.05, 0.1) is 34.2 Å². The number of hydrogen-bond donors (Lipinski definition) is 2. The van der Waals surface area contributed by atoms with E-state index >= 15 is 0 Å². The van der Waals surface area contributed by atoms with Crippen molar-refractivity contribution in [3.05, 3.63) is 58.6 Å². The fourth-order valence-corrected chi connectivity index (χ4v) is 6.86. The number of fused-ring (bicyclic) bond motifs is 1. The van der Waals surface area contributed by atoms with Gasteiger partial charge in [-0.2, -0.15) is 18.0 Å². The van der Waals surface area contributed by atoms with E-state index in [1.807, 2.05) is 26.8 Å². The molecule has 45 heavy (non-hydrogen) atoms. The molecule has 3 heterocycles. The van der Waals surface area contributed by atoms with E-state index in [4.69, 9.17) is 4.74 Å². The van der Waals surface area contributed by atoms with Crippen LogP contribution in [0.4, 0.5) is 26.2 Å². The number of aromatic nitrogens is 2. The third-order valence-electron chi connectivity index (χ3n) is 8.00. The third kappa shape index (κ3) is 7.72. The van der Waals surface area contributed by atoms with Gasteiger partial charge < -0.3 is 15.0 Å². The van der Waals surface area contributed by atoms with E-state index in [2.05, 4.69) is 15.0 Å². The molecular weight excluding hydrogens is 601 g/mol. The van der Waals surface area contributed by atoms with Crippen LogP contribution in [0.15, 0.2) is 47.5 Å². The molecule has 2 saturated heterocycles. The average Bonchev–Trinajstić information content (AvgIpc) is 3.44. The summed E-state index contributed by atoms with van der Waals surface area (Å²) in [5, 5.41) is 13.4. The summed E-state index contributed by atoms with van der Waals surface area (Å²) in [5.41, 5.74) is 0.754. The van der Waals surface area contributed by atoms with Crippen LogP contribution >= 0.6 is 0 Å². The Bertz CT molecular complexity index is 1780. The van der Waals surface area contributed by atoms with Crippen LogP contribution in [-0.2, 0) is 21.5 Å². The van der Waals surface area contributed by atoms with Crippen molar-refractivity contribution < 1.29 is 22.3 Å². The molecule has 0 radical (unpaired) electrons. The van der Waals surface area contributed by atoms with Crippen molar-refractivity contribution in [1.82, 2.24) is 18.8 Å². The van der Waals surface area contributed by atoms with E-state index in [9.17, 15) is 27.7 Å². The zero-order valence-electron chi connectivity index (χ0n) is 25.6. The number of amides is 1. The standard InChI is InChI=1S/C31H38FN7O5S/c1-31(2,3)44-30(41)37-13-9-21(10-14-37)11-15-38-20-34-26-8-7-23(17-24(26)29(38)40)35-27-5-4-6-28(25(27)18-33)36-45(42,43)39-16-12-22(32)19-39/h4-8,17,20-22,35-36H,9-16,19H2,1-3H3/t22-/m1/s1. The first-order valence-corrected chi connectivity index (χ1v) is 16.5. The average molecular weight is 640 g/mol. The highest BCUT2D eigenvalue weighted by Gasteiger charge is 2.32. The van der Waals surface area contributed by atoms with Crippen molar-refractivity contribution in [2.75, 3.05) is 36.2 Å². The zero-order valence-corrected chi connectivity index (χ0v) is 26.4. The Morgan fingerprint density at radius 2 is 1.87 bits per heavy atom. The Morgan fingerprint density at radius 1 is 1.13 bits per heavy atom. The first kappa shape index (κ1) is 32.2. The monoisotopic (exact) mass is 639 g/mol. The first-order chi connectivity index (χ1) is 21.3. The Balaban J connectivity index is 1.26. The number of nitrogens with zero attached hydrogens (tertiary/aromatic N) is 5. The van der Waals surface area contributed by atoms with Crippen LogP contribution in [0.1, 0.15) is 52.0 Å². The smallest absolute Gasteiger partial charge is 0.410 e. The molecule has 1 aromatic heterocycles. The topological polar surface area (TPSA) is 150 Å². The van der Waals surface area contributed by atoms with E-state index in [-0.39, 0.29) is 42.4 Å². The Kier molecular flexibility index (Phi) is 9.31. The summed E-state index contributed by atoms with van der Waals surface area (Å²) < 4.78 is 49.7. The van der Waals surface area contributed by atoms with Gasteiger partial charge in [-0.1, -0.05) is 6.07 Å². The molecule has 240 valence electrons. The van der Waals surface area contributed by atoms with E-state index in [0.717, 1.165) is 23.6 Å². The van der Waals surface area contributed by atoms with Crippen LogP contribution in [0.3, 0.4) is 0 Å². The number of benzene rings is 2. The summed E-state index contributed by atoms with van der Waals surface area (Å²) in [5.74, 6) is 0.359. The minimum absolute atomic E-state index is 0.0541. The molecule has 2 aliphatic rings. The van der Waals surface area contributed by atoms with Gasteiger partial charge in [-0.3, -0.25) is 14.1 Å². The lowest BCUT2D eigenvalue weighted by molar-refractivity contribution is 0.0179. The number of nitriles is 1. The van der Waals surface area contributed by atoms with Gasteiger partial charge in [-0.25, -0.2) is 14.2 Å². The van der Waals surface area contributed by atoms with E-state index in [1.165, 1.54) is 6.07 Å². The van der Waals surface area contributed by atoms with Crippen LogP contribution < -0.4 is 15.6 Å². The number of likely N-dealkylation sites (tertiary alicyclic amines) is 1.